The van der Waals surface area contributed by atoms with Crippen LogP contribution in [-0.2, 0) is 0 Å². The molecule has 2 aliphatic carbocycles. The van der Waals surface area contributed by atoms with Crippen molar-refractivity contribution in [3.63, 3.8) is 0 Å². The van der Waals surface area contributed by atoms with E-state index in [-0.39, 0.29) is 5.41 Å². The predicted octanol–water partition coefficient (Wildman–Crippen LogP) is 11.3. The smallest absolute Gasteiger partial charge is 0.164 e. The molecule has 4 heteroatoms. The number of rotatable bonds is 5. The highest BCUT2D eigenvalue weighted by molar-refractivity contribution is 6.12. The predicted molar refractivity (Wildman–Crippen MR) is 196 cm³/mol. The lowest BCUT2D eigenvalue weighted by molar-refractivity contribution is 0.528. The molecule has 0 N–H and O–H groups in total. The van der Waals surface area contributed by atoms with Crippen LogP contribution in [0.25, 0.3) is 72.5 Å². The standard InChI is InChI=1S/C44H31N3O/c1-44-25-9-8-15-35(44)27-34(24-26-44)42-45-41(32-13-6-3-7-14-32)46-43(47-42)36-16-10-17-39-40(36)37-28-33(22-23-38(37)48-39)31-20-18-30(19-21-31)29-11-4-2-5-12-29/h2-25,27-28H,26H2,1H3. The summed E-state index contributed by atoms with van der Waals surface area (Å²) in [6.07, 6.45) is 14.1. The fourth-order valence-electron chi connectivity index (χ4n) is 6.84. The summed E-state index contributed by atoms with van der Waals surface area (Å²) in [7, 11) is 0. The maximum absolute atomic E-state index is 6.41. The second-order valence-corrected chi connectivity index (χ2v) is 12.7. The van der Waals surface area contributed by atoms with Gasteiger partial charge in [-0.2, -0.15) is 0 Å². The minimum Gasteiger partial charge on any atom is -0.456 e. The topological polar surface area (TPSA) is 51.8 Å². The third-order valence-corrected chi connectivity index (χ3v) is 9.55. The molecule has 0 bridgehead atoms. The fourth-order valence-corrected chi connectivity index (χ4v) is 6.84. The van der Waals surface area contributed by atoms with Crippen molar-refractivity contribution in [2.45, 2.75) is 13.3 Å². The molecule has 9 rings (SSSR count). The van der Waals surface area contributed by atoms with Gasteiger partial charge in [0.05, 0.1) is 0 Å². The first-order valence-electron chi connectivity index (χ1n) is 16.3. The molecule has 228 valence electrons. The van der Waals surface area contributed by atoms with Gasteiger partial charge in [0, 0.05) is 32.9 Å². The lowest BCUT2D eigenvalue weighted by atomic mass is 9.73. The quantitative estimate of drug-likeness (QED) is 0.193. The fraction of sp³-hybridized carbons (Fsp3) is 0.0682. The minimum absolute atomic E-state index is 0.0166. The summed E-state index contributed by atoms with van der Waals surface area (Å²) >= 11 is 0. The van der Waals surface area contributed by atoms with Crippen molar-refractivity contribution in [2.24, 2.45) is 5.41 Å². The van der Waals surface area contributed by atoms with Gasteiger partial charge in [-0.05, 0) is 58.5 Å². The molecule has 0 radical (unpaired) electrons. The molecule has 0 aliphatic heterocycles. The molecule has 1 atom stereocenters. The molecular weight excluding hydrogens is 587 g/mol. The maximum atomic E-state index is 6.41. The number of allylic oxidation sites excluding steroid dienone is 8. The van der Waals surface area contributed by atoms with Crippen LogP contribution in [0, 0.1) is 5.41 Å². The number of furan rings is 1. The Balaban J connectivity index is 1.19. The summed E-state index contributed by atoms with van der Waals surface area (Å²) in [5.74, 6) is 1.93. The van der Waals surface area contributed by atoms with E-state index < -0.39 is 0 Å². The lowest BCUT2D eigenvalue weighted by Crippen LogP contribution is -2.19. The van der Waals surface area contributed by atoms with E-state index in [0.29, 0.717) is 17.5 Å². The molecule has 0 saturated heterocycles. The van der Waals surface area contributed by atoms with Gasteiger partial charge in [-0.1, -0.05) is 140 Å². The Labute approximate surface area is 279 Å². The van der Waals surface area contributed by atoms with Crippen molar-refractivity contribution < 1.29 is 4.42 Å². The Morgan fingerprint density at radius 2 is 1.25 bits per heavy atom. The maximum Gasteiger partial charge on any atom is 0.164 e. The molecule has 1 unspecified atom stereocenters. The van der Waals surface area contributed by atoms with Crippen molar-refractivity contribution in [1.29, 1.82) is 0 Å². The van der Waals surface area contributed by atoms with Gasteiger partial charge in [0.1, 0.15) is 11.2 Å². The van der Waals surface area contributed by atoms with Crippen LogP contribution >= 0.6 is 0 Å². The zero-order chi connectivity index (χ0) is 32.1. The summed E-state index contributed by atoms with van der Waals surface area (Å²) in [6.45, 7) is 2.27. The number of benzene rings is 5. The lowest BCUT2D eigenvalue weighted by Gasteiger charge is -2.31. The van der Waals surface area contributed by atoms with Crippen molar-refractivity contribution in [3.8, 4) is 45.0 Å². The zero-order valence-electron chi connectivity index (χ0n) is 26.5. The van der Waals surface area contributed by atoms with E-state index in [4.69, 9.17) is 19.4 Å². The largest absolute Gasteiger partial charge is 0.456 e. The highest BCUT2D eigenvalue weighted by Gasteiger charge is 2.29. The van der Waals surface area contributed by atoms with E-state index in [9.17, 15) is 0 Å². The minimum atomic E-state index is -0.0166. The first kappa shape index (κ1) is 28.1. The molecule has 0 fully saturated rings. The molecular formula is C44H31N3O. The first-order valence-corrected chi connectivity index (χ1v) is 16.3. The first-order chi connectivity index (χ1) is 23.6. The Morgan fingerprint density at radius 3 is 2.04 bits per heavy atom. The van der Waals surface area contributed by atoms with Crippen molar-refractivity contribution in [2.75, 3.05) is 0 Å². The molecule has 0 spiro atoms. The summed E-state index contributed by atoms with van der Waals surface area (Å²) < 4.78 is 6.41. The number of fused-ring (bicyclic) bond motifs is 4. The van der Waals surface area contributed by atoms with Gasteiger partial charge in [0.2, 0.25) is 0 Å². The molecule has 48 heavy (non-hydrogen) atoms. The number of hydrogen-bond donors (Lipinski definition) is 0. The van der Waals surface area contributed by atoms with Gasteiger partial charge in [0.25, 0.3) is 0 Å². The number of nitrogens with zero attached hydrogens (tertiary/aromatic N) is 3. The summed E-state index contributed by atoms with van der Waals surface area (Å²) in [5, 5.41) is 2.03. The second kappa shape index (κ2) is 11.3. The number of hydrogen-bond acceptors (Lipinski definition) is 4. The van der Waals surface area contributed by atoms with Crippen LogP contribution in [0.1, 0.15) is 19.2 Å². The molecule has 5 aromatic carbocycles. The molecule has 2 aliphatic rings. The Hall–Kier alpha value is -6.13. The highest BCUT2D eigenvalue weighted by Crippen LogP contribution is 2.43. The molecule has 0 saturated carbocycles. The molecule has 7 aromatic rings. The second-order valence-electron chi connectivity index (χ2n) is 12.7. The summed E-state index contributed by atoms with van der Waals surface area (Å²) in [6, 6.07) is 41.9. The van der Waals surface area contributed by atoms with E-state index in [1.54, 1.807) is 0 Å². The monoisotopic (exact) mass is 617 g/mol. The Bertz CT molecular complexity index is 2470. The highest BCUT2D eigenvalue weighted by atomic mass is 16.3. The van der Waals surface area contributed by atoms with E-state index in [2.05, 4.69) is 116 Å². The normalized spacial score (nSPS) is 16.9. The van der Waals surface area contributed by atoms with Crippen LogP contribution in [0.2, 0.25) is 0 Å². The van der Waals surface area contributed by atoms with Gasteiger partial charge in [0.15, 0.2) is 17.5 Å². The van der Waals surface area contributed by atoms with E-state index in [1.165, 1.54) is 16.7 Å². The Kier molecular flexibility index (Phi) is 6.61. The summed E-state index contributed by atoms with van der Waals surface area (Å²) in [5.41, 5.74) is 10.4. The average Bonchev–Trinajstić information content (AvgIpc) is 3.53. The van der Waals surface area contributed by atoms with E-state index in [1.807, 2.05) is 48.5 Å². The van der Waals surface area contributed by atoms with E-state index >= 15 is 0 Å². The van der Waals surface area contributed by atoms with Crippen LogP contribution in [0.15, 0.2) is 168 Å². The molecule has 2 aromatic heterocycles. The summed E-state index contributed by atoms with van der Waals surface area (Å²) in [4.78, 5) is 15.3. The van der Waals surface area contributed by atoms with Crippen molar-refractivity contribution in [1.82, 2.24) is 15.0 Å². The van der Waals surface area contributed by atoms with Crippen LogP contribution in [0.4, 0.5) is 0 Å². The number of aromatic nitrogens is 3. The zero-order valence-corrected chi connectivity index (χ0v) is 26.5. The van der Waals surface area contributed by atoms with Gasteiger partial charge < -0.3 is 4.42 Å². The van der Waals surface area contributed by atoms with Crippen molar-refractivity contribution >= 4 is 27.5 Å². The van der Waals surface area contributed by atoms with Crippen LogP contribution in [-0.4, -0.2) is 15.0 Å². The molecule has 0 amide bonds. The van der Waals surface area contributed by atoms with Crippen LogP contribution in [0.3, 0.4) is 0 Å². The van der Waals surface area contributed by atoms with Gasteiger partial charge in [-0.3, -0.25) is 0 Å². The van der Waals surface area contributed by atoms with Crippen LogP contribution in [0.5, 0.6) is 0 Å². The third kappa shape index (κ3) is 4.90. The average molecular weight is 618 g/mol. The third-order valence-electron chi connectivity index (χ3n) is 9.55. The molecule has 2 heterocycles. The molecule has 4 nitrogen and oxygen atoms in total. The Morgan fingerprint density at radius 1 is 0.583 bits per heavy atom. The van der Waals surface area contributed by atoms with Crippen molar-refractivity contribution in [3.05, 3.63) is 169 Å². The van der Waals surface area contributed by atoms with Gasteiger partial charge >= 0.3 is 0 Å². The van der Waals surface area contributed by atoms with E-state index in [0.717, 1.165) is 56.2 Å². The van der Waals surface area contributed by atoms with Gasteiger partial charge in [-0.15, -0.1) is 0 Å². The SMILES string of the molecule is CC12C=CC=CC1=CC(c1nc(-c3ccccc3)nc(-c3cccc4oc5ccc(-c6ccc(-c7ccccc7)cc6)cc5c34)n1)=CC2. The van der Waals surface area contributed by atoms with Gasteiger partial charge in [-0.25, -0.2) is 15.0 Å². The van der Waals surface area contributed by atoms with Crippen LogP contribution < -0.4 is 0 Å².